The first kappa shape index (κ1) is 16.8. The van der Waals surface area contributed by atoms with Crippen LogP contribution < -0.4 is 16.8 Å². The van der Waals surface area contributed by atoms with Crippen LogP contribution in [0.3, 0.4) is 0 Å². The number of carbonyl (C=O) groups is 1. The van der Waals surface area contributed by atoms with E-state index in [0.717, 1.165) is 45.5 Å². The molecule has 2 amide bonds. The fraction of sp³-hybridized carbons (Fsp3) is 0.0909. The molecule has 0 bridgehead atoms. The van der Waals surface area contributed by atoms with Crippen LogP contribution in [-0.4, -0.2) is 10.6 Å². The molecule has 1 aliphatic heterocycles. The third kappa shape index (κ3) is 2.93. The van der Waals surface area contributed by atoms with E-state index in [2.05, 4.69) is 28.6 Å². The smallest absolute Gasteiger partial charge is 0.338 e. The van der Waals surface area contributed by atoms with Gasteiger partial charge in [0.2, 0.25) is 0 Å². The third-order valence-electron chi connectivity index (χ3n) is 4.73. The van der Waals surface area contributed by atoms with Crippen LogP contribution in [0.15, 0.2) is 71.7 Å². The molecule has 2 aliphatic rings. The van der Waals surface area contributed by atoms with Crippen LogP contribution >= 0.6 is 0 Å². The molecule has 0 saturated carbocycles. The van der Waals surface area contributed by atoms with Gasteiger partial charge in [0.25, 0.3) is 0 Å². The summed E-state index contributed by atoms with van der Waals surface area (Å²) in [5.74, 6) is 0. The highest BCUT2D eigenvalue weighted by Gasteiger charge is 2.18. The summed E-state index contributed by atoms with van der Waals surface area (Å²) in [6.45, 7) is 2.85. The number of primary amides is 1. The first-order valence-electron chi connectivity index (χ1n) is 8.84. The Morgan fingerprint density at radius 1 is 1.00 bits per heavy atom. The predicted molar refractivity (Wildman–Crippen MR) is 109 cm³/mol. The molecule has 0 unspecified atom stereocenters. The van der Waals surface area contributed by atoms with Crippen LogP contribution in [-0.2, 0) is 6.54 Å². The Hall–Kier alpha value is -3.60. The lowest BCUT2D eigenvalue weighted by molar-refractivity contribution is 0.256. The number of carbonyl (C=O) groups excluding carboxylic acids is 1. The molecule has 2 aromatic carbocycles. The number of nitrogens with zero attached hydrogens (tertiary/aromatic N) is 2. The van der Waals surface area contributed by atoms with Gasteiger partial charge < -0.3 is 16.0 Å². The van der Waals surface area contributed by atoms with Crippen molar-refractivity contribution in [2.75, 3.05) is 5.73 Å². The normalized spacial score (nSPS) is 12.0. The third-order valence-corrected chi connectivity index (χ3v) is 4.73. The van der Waals surface area contributed by atoms with Gasteiger partial charge in [0.1, 0.15) is 0 Å². The van der Waals surface area contributed by atoms with Crippen molar-refractivity contribution in [1.82, 2.24) is 4.57 Å². The van der Waals surface area contributed by atoms with E-state index in [1.165, 1.54) is 0 Å². The minimum atomic E-state index is -0.700. The standard InChI is InChI=1S/C22H20N4O/c1-2-26-20-13-16(25-22(24)27)9-11-18(20)17-10-8-15(23)12-19(17)21(26)14-6-4-3-5-7-14/h3-13H,2,23H2,1H3,(H2,24,27)/b25-16+. The largest absolute Gasteiger partial charge is 0.399 e. The van der Waals surface area contributed by atoms with Gasteiger partial charge in [-0.2, -0.15) is 4.99 Å². The number of urea groups is 1. The average molecular weight is 356 g/mol. The molecule has 4 N–H and O–H groups in total. The first-order chi connectivity index (χ1) is 13.1. The number of nitrogen functional groups attached to an aromatic ring is 1. The second-order valence-corrected chi connectivity index (χ2v) is 6.42. The average Bonchev–Trinajstić information content (AvgIpc) is 2.66. The zero-order valence-corrected chi connectivity index (χ0v) is 15.0. The van der Waals surface area contributed by atoms with Gasteiger partial charge in [-0.05, 0) is 42.1 Å². The number of pyridine rings is 1. The van der Waals surface area contributed by atoms with Crippen LogP contribution in [0.2, 0.25) is 0 Å². The number of benzene rings is 3. The summed E-state index contributed by atoms with van der Waals surface area (Å²) < 4.78 is 2.23. The molecular formula is C22H20N4O. The van der Waals surface area contributed by atoms with Crippen molar-refractivity contribution in [3.63, 3.8) is 0 Å². The molecule has 0 fully saturated rings. The Balaban J connectivity index is 2.22. The second kappa shape index (κ2) is 6.61. The molecule has 134 valence electrons. The lowest BCUT2D eigenvalue weighted by Gasteiger charge is -2.23. The fourth-order valence-electron chi connectivity index (χ4n) is 3.66. The molecule has 1 heterocycles. The van der Waals surface area contributed by atoms with Gasteiger partial charge in [-0.1, -0.05) is 42.5 Å². The van der Waals surface area contributed by atoms with Crippen molar-refractivity contribution < 1.29 is 4.79 Å². The summed E-state index contributed by atoms with van der Waals surface area (Å²) in [7, 11) is 0. The van der Waals surface area contributed by atoms with Crippen molar-refractivity contribution in [1.29, 1.82) is 0 Å². The summed E-state index contributed by atoms with van der Waals surface area (Å²) in [6, 6.07) is 21.2. The quantitative estimate of drug-likeness (QED) is 0.420. The monoisotopic (exact) mass is 356 g/mol. The number of aromatic nitrogens is 1. The molecular weight excluding hydrogens is 336 g/mol. The highest BCUT2D eigenvalue weighted by molar-refractivity contribution is 6.05. The molecule has 4 rings (SSSR count). The molecule has 0 saturated heterocycles. The highest BCUT2D eigenvalue weighted by atomic mass is 16.2. The molecule has 0 radical (unpaired) electrons. The summed E-state index contributed by atoms with van der Waals surface area (Å²) >= 11 is 0. The summed E-state index contributed by atoms with van der Waals surface area (Å²) in [6.07, 6.45) is 0. The molecule has 0 aromatic heterocycles. The minimum absolute atomic E-state index is 0.547. The van der Waals surface area contributed by atoms with E-state index in [1.807, 2.05) is 54.6 Å². The number of anilines is 1. The lowest BCUT2D eigenvalue weighted by atomic mass is 9.95. The maximum Gasteiger partial charge on any atom is 0.338 e. The number of hydrogen-bond donors (Lipinski definition) is 2. The van der Waals surface area contributed by atoms with Crippen molar-refractivity contribution in [3.8, 4) is 22.5 Å². The van der Waals surface area contributed by atoms with E-state index in [-0.39, 0.29) is 0 Å². The highest BCUT2D eigenvalue weighted by Crippen LogP contribution is 2.38. The Morgan fingerprint density at radius 2 is 1.78 bits per heavy atom. The zero-order chi connectivity index (χ0) is 19.0. The van der Waals surface area contributed by atoms with Gasteiger partial charge in [-0.3, -0.25) is 0 Å². The molecule has 5 heteroatoms. The van der Waals surface area contributed by atoms with E-state index in [0.29, 0.717) is 5.36 Å². The maximum absolute atomic E-state index is 11.2. The van der Waals surface area contributed by atoms with Crippen LogP contribution in [0.1, 0.15) is 6.92 Å². The van der Waals surface area contributed by atoms with Crippen LogP contribution in [0.5, 0.6) is 0 Å². The Bertz CT molecular complexity index is 1190. The summed E-state index contributed by atoms with van der Waals surface area (Å²) in [4.78, 5) is 15.1. The van der Waals surface area contributed by atoms with Crippen molar-refractivity contribution in [3.05, 3.63) is 72.1 Å². The number of rotatable bonds is 2. The number of amides is 2. The van der Waals surface area contributed by atoms with E-state index < -0.39 is 6.03 Å². The molecule has 1 aliphatic carbocycles. The second-order valence-electron chi connectivity index (χ2n) is 6.42. The Kier molecular flexibility index (Phi) is 4.12. The molecule has 5 nitrogen and oxygen atoms in total. The van der Waals surface area contributed by atoms with Crippen molar-refractivity contribution in [2.24, 2.45) is 10.7 Å². The van der Waals surface area contributed by atoms with Gasteiger partial charge in [-0.15, -0.1) is 0 Å². The first-order valence-corrected chi connectivity index (χ1v) is 8.84. The summed E-state index contributed by atoms with van der Waals surface area (Å²) in [5.41, 5.74) is 16.3. The van der Waals surface area contributed by atoms with Gasteiger partial charge in [-0.25, -0.2) is 4.79 Å². The van der Waals surface area contributed by atoms with Gasteiger partial charge in [0.15, 0.2) is 0 Å². The van der Waals surface area contributed by atoms with Gasteiger partial charge in [0, 0.05) is 23.2 Å². The SMILES string of the molecule is CCn1c2c/c(=N/C(N)=O)ccc-2c2ccc(N)cc2c1-c1ccccc1. The number of fused-ring (bicyclic) bond motifs is 3. The van der Waals surface area contributed by atoms with Gasteiger partial charge >= 0.3 is 6.03 Å². The topological polar surface area (TPSA) is 86.4 Å². The molecule has 27 heavy (non-hydrogen) atoms. The van der Waals surface area contributed by atoms with Gasteiger partial charge in [0.05, 0.1) is 16.7 Å². The van der Waals surface area contributed by atoms with Crippen LogP contribution in [0, 0.1) is 0 Å². The fourth-order valence-corrected chi connectivity index (χ4v) is 3.66. The van der Waals surface area contributed by atoms with Crippen LogP contribution in [0.4, 0.5) is 10.5 Å². The predicted octanol–water partition coefficient (Wildman–Crippen LogP) is 3.99. The minimum Gasteiger partial charge on any atom is -0.399 e. The number of nitrogens with two attached hydrogens (primary N) is 2. The van der Waals surface area contributed by atoms with E-state index in [4.69, 9.17) is 11.5 Å². The molecule has 2 aromatic rings. The summed E-state index contributed by atoms with van der Waals surface area (Å²) in [5, 5.41) is 2.74. The van der Waals surface area contributed by atoms with Crippen LogP contribution in [0.25, 0.3) is 33.3 Å². The maximum atomic E-state index is 11.2. The molecule has 0 atom stereocenters. The van der Waals surface area contributed by atoms with E-state index in [9.17, 15) is 4.79 Å². The lowest BCUT2D eigenvalue weighted by Crippen LogP contribution is -2.15. The number of hydrogen-bond acceptors (Lipinski definition) is 2. The van der Waals surface area contributed by atoms with E-state index in [1.54, 1.807) is 0 Å². The Labute approximate surface area is 156 Å². The van der Waals surface area contributed by atoms with E-state index >= 15 is 0 Å². The molecule has 0 spiro atoms. The van der Waals surface area contributed by atoms with Crippen molar-refractivity contribution >= 4 is 22.5 Å². The zero-order valence-electron chi connectivity index (χ0n) is 15.0. The Morgan fingerprint density at radius 3 is 2.48 bits per heavy atom. The van der Waals surface area contributed by atoms with Crippen molar-refractivity contribution in [2.45, 2.75) is 13.5 Å².